The lowest BCUT2D eigenvalue weighted by Crippen LogP contribution is -2.17. The Bertz CT molecular complexity index is 891. The molecule has 2 aliphatic carbocycles. The molecule has 3 aliphatic rings. The molecule has 5 rings (SSSR count). The number of benzene rings is 2. The van der Waals surface area contributed by atoms with Crippen molar-refractivity contribution in [1.82, 2.24) is 0 Å². The molecule has 2 atom stereocenters. The summed E-state index contributed by atoms with van der Waals surface area (Å²) < 4.78 is 11.3. The van der Waals surface area contributed by atoms with Gasteiger partial charge in [-0.1, -0.05) is 142 Å². The highest BCUT2D eigenvalue weighted by atomic mass is 28.3. The number of hydrogen-bond acceptors (Lipinski definition) is 2. The summed E-state index contributed by atoms with van der Waals surface area (Å²) in [5.74, 6) is 14.7. The predicted molar refractivity (Wildman–Crippen MR) is 176 cm³/mol. The normalized spacial score (nSPS) is 24.9. The fourth-order valence-corrected chi connectivity index (χ4v) is 5.63. The SMILES string of the molecule is C(=C\[C@H]1O[Si+2]O[C@@H]1/C=C/c1ccccc1)/c1ccccc1.C[C]1[C](C)[C](C)[C](C)[C]1C.C[C]1[C](C)[C](C)[C](C)[C]1C. The van der Waals surface area contributed by atoms with E-state index < -0.39 is 0 Å². The van der Waals surface area contributed by atoms with E-state index >= 15 is 0 Å². The molecule has 0 spiro atoms. The second-order valence-corrected chi connectivity index (χ2v) is 11.7. The maximum absolute atomic E-state index is 5.64. The van der Waals surface area contributed by atoms with E-state index in [1.807, 2.05) is 36.4 Å². The van der Waals surface area contributed by atoms with Gasteiger partial charge in [-0.2, -0.15) is 0 Å². The smallest absolute Gasteiger partial charge is 0.0622 e. The molecule has 1 saturated heterocycles. The van der Waals surface area contributed by atoms with Crippen LogP contribution in [0.15, 0.2) is 72.8 Å². The highest BCUT2D eigenvalue weighted by Crippen LogP contribution is 2.52. The second kappa shape index (κ2) is 16.1. The molecule has 0 N–H and O–H groups in total. The Morgan fingerprint density at radius 1 is 0.415 bits per heavy atom. The molecule has 2 saturated carbocycles. The van der Waals surface area contributed by atoms with Gasteiger partial charge in [-0.05, 0) is 91.3 Å². The molecule has 10 radical (unpaired) electrons. The molecule has 3 fully saturated rings. The Labute approximate surface area is 255 Å². The fourth-order valence-electron chi connectivity index (χ4n) is 4.92. The minimum atomic E-state index is -0.0245. The minimum absolute atomic E-state index is 0.0245. The third-order valence-corrected chi connectivity index (χ3v) is 9.61. The van der Waals surface area contributed by atoms with E-state index in [1.54, 1.807) is 0 Å². The molecule has 2 aromatic carbocycles. The highest BCUT2D eigenvalue weighted by Gasteiger charge is 2.65. The number of hydrogen-bond donors (Lipinski definition) is 0. The highest BCUT2D eigenvalue weighted by molar-refractivity contribution is 6.19. The zero-order chi connectivity index (χ0) is 30.1. The minimum Gasteiger partial charge on any atom is -0.0622 e. The molecule has 212 valence electrons. The van der Waals surface area contributed by atoms with Crippen molar-refractivity contribution >= 4 is 22.2 Å². The molecule has 0 unspecified atom stereocenters. The predicted octanol–water partition coefficient (Wildman–Crippen LogP) is 9.68. The largest absolute Gasteiger partial charge is 1.47 e. The molecular weight excluding hydrogens is 517 g/mol. The second-order valence-electron chi connectivity index (χ2n) is 11.0. The van der Waals surface area contributed by atoms with Gasteiger partial charge in [0.25, 0.3) is 0 Å². The average Bonchev–Trinajstić information content (AvgIpc) is 3.58. The zero-order valence-corrected chi connectivity index (χ0v) is 27.6. The lowest BCUT2D eigenvalue weighted by Gasteiger charge is -2.12. The van der Waals surface area contributed by atoms with E-state index in [1.165, 1.54) is 70.3 Å². The summed E-state index contributed by atoms with van der Waals surface area (Å²) in [4.78, 5) is 0. The van der Waals surface area contributed by atoms with E-state index in [4.69, 9.17) is 8.85 Å². The van der Waals surface area contributed by atoms with Gasteiger partial charge >= 0.3 is 10.0 Å². The van der Waals surface area contributed by atoms with Crippen molar-refractivity contribution in [2.45, 2.75) is 81.4 Å². The molecule has 3 heteroatoms. The van der Waals surface area contributed by atoms with Crippen LogP contribution in [0.1, 0.15) is 80.4 Å². The van der Waals surface area contributed by atoms with Crippen LogP contribution in [0.4, 0.5) is 0 Å². The molecule has 0 aromatic heterocycles. The maximum atomic E-state index is 5.64. The summed E-state index contributed by atoms with van der Waals surface area (Å²) >= 11 is 0. The molecule has 1 heterocycles. The van der Waals surface area contributed by atoms with Gasteiger partial charge in [0.2, 0.25) is 0 Å². The van der Waals surface area contributed by atoms with Crippen LogP contribution in [-0.4, -0.2) is 22.2 Å². The van der Waals surface area contributed by atoms with Crippen molar-refractivity contribution in [3.8, 4) is 0 Å². The van der Waals surface area contributed by atoms with Crippen LogP contribution < -0.4 is 0 Å². The molecule has 0 amide bonds. The molecule has 2 aromatic rings. The fraction of sp³-hybridized carbons (Fsp3) is 0.316. The Kier molecular flexibility index (Phi) is 13.1. The van der Waals surface area contributed by atoms with Gasteiger partial charge in [-0.25, -0.2) is 0 Å². The molecule has 1 aliphatic heterocycles. The first-order valence-corrected chi connectivity index (χ1v) is 15.3. The molecule has 0 bridgehead atoms. The van der Waals surface area contributed by atoms with Gasteiger partial charge in [-0.3, -0.25) is 0 Å². The molecular formula is C38H46O2Si+2. The molecule has 2 nitrogen and oxygen atoms in total. The monoisotopic (exact) mass is 562 g/mol. The average molecular weight is 563 g/mol. The number of rotatable bonds is 4. The van der Waals surface area contributed by atoms with Gasteiger partial charge in [0, 0.05) is 0 Å². The van der Waals surface area contributed by atoms with Gasteiger partial charge in [-0.15, -0.1) is 0 Å². The summed E-state index contributed by atoms with van der Waals surface area (Å²) in [7, 11) is 0.102. The van der Waals surface area contributed by atoms with Gasteiger partial charge < -0.3 is 0 Å². The molecule has 41 heavy (non-hydrogen) atoms. The van der Waals surface area contributed by atoms with Crippen LogP contribution in [0, 0.1) is 59.2 Å². The van der Waals surface area contributed by atoms with E-state index in [0.717, 1.165) is 0 Å². The van der Waals surface area contributed by atoms with Crippen LogP contribution in [0.3, 0.4) is 0 Å². The van der Waals surface area contributed by atoms with E-state index in [0.29, 0.717) is 0 Å². The van der Waals surface area contributed by atoms with Crippen molar-refractivity contribution < 1.29 is 8.85 Å². The van der Waals surface area contributed by atoms with E-state index in [9.17, 15) is 0 Å². The van der Waals surface area contributed by atoms with Crippen molar-refractivity contribution in [3.05, 3.63) is 143 Å². The van der Waals surface area contributed by atoms with Crippen molar-refractivity contribution in [3.63, 3.8) is 0 Å². The van der Waals surface area contributed by atoms with Crippen LogP contribution in [0.5, 0.6) is 0 Å². The Morgan fingerprint density at radius 2 is 0.659 bits per heavy atom. The van der Waals surface area contributed by atoms with Crippen LogP contribution in [0.2, 0.25) is 0 Å². The first kappa shape index (κ1) is 33.6. The Morgan fingerprint density at radius 3 is 0.902 bits per heavy atom. The van der Waals surface area contributed by atoms with Gasteiger partial charge in [0.05, 0.1) is 0 Å². The Balaban J connectivity index is 0.000000193. The van der Waals surface area contributed by atoms with Gasteiger partial charge in [0.15, 0.2) is 12.2 Å². The van der Waals surface area contributed by atoms with Crippen molar-refractivity contribution in [1.29, 1.82) is 0 Å². The van der Waals surface area contributed by atoms with E-state index in [-0.39, 0.29) is 22.2 Å². The van der Waals surface area contributed by atoms with Gasteiger partial charge in [0.1, 0.15) is 0 Å². The zero-order valence-electron chi connectivity index (χ0n) is 26.6. The van der Waals surface area contributed by atoms with Crippen LogP contribution in [0.25, 0.3) is 12.2 Å². The summed E-state index contributed by atoms with van der Waals surface area (Å²) in [5.41, 5.74) is 2.34. The summed E-state index contributed by atoms with van der Waals surface area (Å²) in [6.07, 6.45) is 8.23. The lowest BCUT2D eigenvalue weighted by atomic mass is 9.92. The third kappa shape index (κ3) is 9.02. The van der Waals surface area contributed by atoms with Crippen molar-refractivity contribution in [2.75, 3.05) is 0 Å². The first-order valence-electron chi connectivity index (χ1n) is 14.4. The Hall–Kier alpha value is -1.94. The quantitative estimate of drug-likeness (QED) is 0.345. The topological polar surface area (TPSA) is 18.5 Å². The van der Waals surface area contributed by atoms with Crippen LogP contribution in [-0.2, 0) is 8.85 Å². The lowest BCUT2D eigenvalue weighted by molar-refractivity contribution is 0.236. The maximum Gasteiger partial charge on any atom is 1.47 e. The summed E-state index contributed by atoms with van der Waals surface area (Å²) in [6.45, 7) is 22.0. The van der Waals surface area contributed by atoms with E-state index in [2.05, 4.69) is 118 Å². The van der Waals surface area contributed by atoms with Crippen molar-refractivity contribution in [2.24, 2.45) is 0 Å². The third-order valence-electron chi connectivity index (χ3n) is 8.87. The first-order chi connectivity index (χ1) is 19.5. The summed E-state index contributed by atoms with van der Waals surface area (Å²) in [6, 6.07) is 20.4. The summed E-state index contributed by atoms with van der Waals surface area (Å²) in [5, 5.41) is 0. The standard InChI is InChI=1S/C18H16O2Si.2C10H15/c1-3-7-15(8-4-1)11-13-17-18(20-21-19-17)14-12-16-9-5-2-6-10-16;2*1-6-7(2)9(4)10(5)8(6)3/h1-14,17-18H;2*1-5H3/q+2;;/b13-11+,14-12+;;/t17-,18-;;/m1../s1. The van der Waals surface area contributed by atoms with Crippen LogP contribution >= 0.6 is 0 Å².